The van der Waals surface area contributed by atoms with E-state index in [4.69, 9.17) is 0 Å². The van der Waals surface area contributed by atoms with Crippen LogP contribution in [-0.2, 0) is 93.3 Å². The van der Waals surface area contributed by atoms with E-state index in [0.29, 0.717) is 12.8 Å². The molecule has 0 saturated heterocycles. The zero-order chi connectivity index (χ0) is 24.8. The summed E-state index contributed by atoms with van der Waals surface area (Å²) < 4.78 is 0. The molecule has 0 unspecified atom stereocenters. The molecule has 4 heteroatoms. The number of carbonyl (C=O) groups is 2. The van der Waals surface area contributed by atoms with Crippen molar-refractivity contribution in [2.75, 3.05) is 0 Å². The third kappa shape index (κ3) is 10.8. The number of aryl methyl sites for hydroxylation is 4. The molecule has 0 fully saturated rings. The van der Waals surface area contributed by atoms with Gasteiger partial charge in [-0.25, -0.2) is 0 Å². The Kier molecular flexibility index (Phi) is 15.4. The van der Waals surface area contributed by atoms with Crippen LogP contribution in [0, 0.1) is 26.0 Å². The predicted molar refractivity (Wildman–Crippen MR) is 137 cm³/mol. The van der Waals surface area contributed by atoms with Crippen LogP contribution in [0.4, 0.5) is 0 Å². The molecule has 0 bridgehead atoms. The number of ketones is 2. The van der Waals surface area contributed by atoms with Gasteiger partial charge in [0.15, 0.2) is 0 Å². The Morgan fingerprint density at radius 1 is 0.686 bits per heavy atom. The Morgan fingerprint density at radius 3 is 1.31 bits per heavy atom. The first-order valence-corrected chi connectivity index (χ1v) is 11.8. The minimum absolute atomic E-state index is 0. The maximum Gasteiger partial charge on any atom is 0.0146 e. The summed E-state index contributed by atoms with van der Waals surface area (Å²) >= 11 is 0. The van der Waals surface area contributed by atoms with Crippen LogP contribution >= 0.6 is 0 Å². The fraction of sp³-hybridized carbons (Fsp3) is 0.419. The van der Waals surface area contributed by atoms with Crippen molar-refractivity contribution in [1.29, 1.82) is 0 Å². The molecule has 0 aromatic heterocycles. The first-order chi connectivity index (χ1) is 15.4. The molecular weight excluding hydrogens is 582 g/mol. The minimum Gasteiger partial charge on any atom is -0.428 e. The first-order valence-electron chi connectivity index (χ1n) is 11.8. The molecule has 0 aliphatic heterocycles. The van der Waals surface area contributed by atoms with Crippen molar-refractivity contribution >= 4 is 11.6 Å². The molecule has 35 heavy (non-hydrogen) atoms. The quantitative estimate of drug-likeness (QED) is 0.209. The average Bonchev–Trinajstić information content (AvgIpc) is 2.70. The number of carbonyl (C=O) groups excluding carboxylic acids is 2. The zero-order valence-electron chi connectivity index (χ0n) is 22.8. The Bertz CT molecular complexity index is 998. The Labute approximate surface area is 263 Å². The fourth-order valence-electron chi connectivity index (χ4n) is 4.08. The molecule has 2 radical (unpaired) electrons. The molecule has 2 aromatic rings. The van der Waals surface area contributed by atoms with Gasteiger partial charge in [0, 0.05) is 70.8 Å². The van der Waals surface area contributed by atoms with Crippen molar-refractivity contribution in [3.8, 4) is 0 Å². The van der Waals surface area contributed by atoms with Crippen LogP contribution in [0.3, 0.4) is 0 Å². The van der Waals surface area contributed by atoms with Gasteiger partial charge in [-0.2, -0.15) is 0 Å². The van der Waals surface area contributed by atoms with Crippen molar-refractivity contribution in [2.24, 2.45) is 0 Å². The normalized spacial score (nSPS) is 10.5. The monoisotopic (exact) mass is 620 g/mol. The molecule has 182 valence electrons. The van der Waals surface area contributed by atoms with Crippen molar-refractivity contribution in [3.05, 3.63) is 93.1 Å². The van der Waals surface area contributed by atoms with Crippen LogP contribution < -0.4 is 0 Å². The van der Waals surface area contributed by atoms with E-state index in [0.717, 1.165) is 24.0 Å². The smallest absolute Gasteiger partial charge is 0.0146 e. The number of hydrogen-bond donors (Lipinski definition) is 0. The fourth-order valence-corrected chi connectivity index (χ4v) is 4.08. The molecule has 0 N–H and O–H groups in total. The van der Waals surface area contributed by atoms with Crippen molar-refractivity contribution in [1.82, 2.24) is 0 Å². The summed E-state index contributed by atoms with van der Waals surface area (Å²) in [6, 6.07) is 13.2. The van der Waals surface area contributed by atoms with Gasteiger partial charge in [0.2, 0.25) is 0 Å². The molecule has 0 heterocycles. The van der Waals surface area contributed by atoms with Crippen LogP contribution in [0.5, 0.6) is 0 Å². The summed E-state index contributed by atoms with van der Waals surface area (Å²) in [5, 5.41) is 0. The second-order valence-electron chi connectivity index (χ2n) is 10.0. The van der Waals surface area contributed by atoms with E-state index in [9.17, 15) is 9.59 Å². The van der Waals surface area contributed by atoms with E-state index in [-0.39, 0.29) is 82.4 Å². The third-order valence-electron chi connectivity index (χ3n) is 6.15. The van der Waals surface area contributed by atoms with Gasteiger partial charge >= 0.3 is 0 Å². The summed E-state index contributed by atoms with van der Waals surface area (Å²) in [6.07, 6.45) is 8.21. The van der Waals surface area contributed by atoms with Crippen molar-refractivity contribution in [2.45, 2.75) is 86.5 Å². The van der Waals surface area contributed by atoms with Gasteiger partial charge < -0.3 is 21.7 Å². The number of hydrogen-bond acceptors (Lipinski definition) is 2. The van der Waals surface area contributed by atoms with E-state index >= 15 is 0 Å². The second kappa shape index (κ2) is 15.7. The molecular formula is C31H38O2Y2-2. The summed E-state index contributed by atoms with van der Waals surface area (Å²) in [6.45, 7) is 16.3. The Balaban J connectivity index is 0.00000578. The third-order valence-corrected chi connectivity index (χ3v) is 6.15. The van der Waals surface area contributed by atoms with Crippen molar-refractivity contribution < 1.29 is 75.0 Å². The maximum absolute atomic E-state index is 12.0. The SMILES string of the molecule is CC(C)=[C-]C(=O)CCc1ccc(C(C)(C)c2ccc(CCC(=O)[C-]=C(C)C)c(C)c2)cc1C.[Y].[Y]. The summed E-state index contributed by atoms with van der Waals surface area (Å²) in [7, 11) is 0. The zero-order valence-corrected chi connectivity index (χ0v) is 28.4. The topological polar surface area (TPSA) is 34.1 Å². The molecule has 0 atom stereocenters. The first kappa shape index (κ1) is 34.5. The standard InChI is InChI=1S/C31H38O2.2Y/c1-21(2)17-29(32)15-11-25-9-13-27(19-23(25)5)31(7,8)28-14-10-26(24(6)20-28)12-16-30(33)18-22(3)4;;/h9-10,13-14,19-20H,11-12,15-16H2,1-8H3;;/q-2;;. The number of benzene rings is 2. The number of allylic oxidation sites excluding steroid dienone is 4. The van der Waals surface area contributed by atoms with Gasteiger partial charge in [-0.1, -0.05) is 77.9 Å². The molecule has 0 aliphatic rings. The largest absolute Gasteiger partial charge is 0.428 e. The van der Waals surface area contributed by atoms with Crippen LogP contribution in [0.2, 0.25) is 0 Å². The van der Waals surface area contributed by atoms with E-state index in [1.807, 2.05) is 27.7 Å². The Morgan fingerprint density at radius 2 is 1.03 bits per heavy atom. The number of rotatable bonds is 10. The van der Waals surface area contributed by atoms with Crippen LogP contribution in [0.25, 0.3) is 0 Å². The molecule has 2 rings (SSSR count). The predicted octanol–water partition coefficient (Wildman–Crippen LogP) is 7.17. The second-order valence-corrected chi connectivity index (χ2v) is 10.0. The van der Waals surface area contributed by atoms with Crippen molar-refractivity contribution in [3.63, 3.8) is 0 Å². The van der Waals surface area contributed by atoms with Gasteiger partial charge in [0.1, 0.15) is 0 Å². The molecule has 0 spiro atoms. The Hall–Kier alpha value is -0.532. The van der Waals surface area contributed by atoms with Gasteiger partial charge in [0.05, 0.1) is 0 Å². The van der Waals surface area contributed by atoms with Crippen LogP contribution in [0.1, 0.15) is 87.8 Å². The van der Waals surface area contributed by atoms with Crippen LogP contribution in [-0.4, -0.2) is 11.6 Å². The van der Waals surface area contributed by atoms with E-state index < -0.39 is 0 Å². The van der Waals surface area contributed by atoms with Crippen LogP contribution in [0.15, 0.2) is 47.5 Å². The molecule has 0 aliphatic carbocycles. The maximum atomic E-state index is 12.0. The summed E-state index contributed by atoms with van der Waals surface area (Å²) in [5.74, 6) is 0.129. The van der Waals surface area contributed by atoms with Gasteiger partial charge in [-0.05, 0) is 84.5 Å². The van der Waals surface area contributed by atoms with E-state index in [1.54, 1.807) is 0 Å². The minimum atomic E-state index is -0.149. The molecule has 0 amide bonds. The van der Waals surface area contributed by atoms with E-state index in [1.165, 1.54) is 33.4 Å². The van der Waals surface area contributed by atoms with E-state index in [2.05, 4.69) is 76.2 Å². The molecule has 0 saturated carbocycles. The average molecular weight is 620 g/mol. The van der Waals surface area contributed by atoms with Gasteiger partial charge in [-0.15, -0.1) is 0 Å². The van der Waals surface area contributed by atoms with Gasteiger partial charge in [-0.3, -0.25) is 11.1 Å². The summed E-state index contributed by atoms with van der Waals surface area (Å²) in [4.78, 5) is 24.0. The number of Topliss-reactive ketones (excluding diaryl/α,β-unsaturated/α-hetero) is 2. The summed E-state index contributed by atoms with van der Waals surface area (Å²) in [5.41, 5.74) is 9.06. The molecule has 2 nitrogen and oxygen atoms in total. The van der Waals surface area contributed by atoms with Gasteiger partial charge in [0.25, 0.3) is 0 Å². The molecule has 2 aromatic carbocycles.